The normalized spacial score (nSPS) is 13.3. The zero-order chi connectivity index (χ0) is 11.1. The molecule has 0 N–H and O–H groups in total. The Morgan fingerprint density at radius 3 is 2.47 bits per heavy atom. The summed E-state index contributed by atoms with van der Waals surface area (Å²) in [5.41, 5.74) is 2.75. The first kappa shape index (κ1) is 12.0. The molecule has 0 amide bonds. The maximum Gasteiger partial charge on any atom is 0.0453 e. The van der Waals surface area contributed by atoms with Gasteiger partial charge in [0.25, 0.3) is 0 Å². The molecule has 0 aliphatic heterocycles. The predicted octanol–water partition coefficient (Wildman–Crippen LogP) is 3.97. The van der Waals surface area contributed by atoms with Crippen LogP contribution < -0.4 is 0 Å². The highest BCUT2D eigenvalue weighted by atomic mass is 14.7. The second-order valence-electron chi connectivity index (χ2n) is 4.02. The average molecular weight is 203 g/mol. The van der Waals surface area contributed by atoms with Gasteiger partial charge in [0.2, 0.25) is 0 Å². The maximum absolute atomic E-state index is 4.36. The molecule has 82 valence electrons. The first-order chi connectivity index (χ1) is 7.27. The number of nitrogens with zero attached hydrogens (tertiary/aromatic N) is 1. The van der Waals surface area contributed by atoms with Gasteiger partial charge in [0.15, 0.2) is 0 Å². The SMILES string of the molecule is CC=NCC(CCC)c1ccc(C)cc1. The molecule has 0 bridgehead atoms. The monoisotopic (exact) mass is 203 g/mol. The Hall–Kier alpha value is -1.11. The molecule has 0 aromatic heterocycles. The van der Waals surface area contributed by atoms with E-state index in [-0.39, 0.29) is 0 Å². The van der Waals surface area contributed by atoms with Crippen LogP contribution in [0, 0.1) is 6.92 Å². The Morgan fingerprint density at radius 2 is 1.93 bits per heavy atom. The molecule has 0 radical (unpaired) electrons. The number of aryl methyl sites for hydroxylation is 1. The molecule has 1 heteroatoms. The Morgan fingerprint density at radius 1 is 1.27 bits per heavy atom. The van der Waals surface area contributed by atoms with E-state index in [0.717, 1.165) is 6.54 Å². The van der Waals surface area contributed by atoms with Gasteiger partial charge in [-0.2, -0.15) is 0 Å². The smallest absolute Gasteiger partial charge is 0.0453 e. The van der Waals surface area contributed by atoms with E-state index >= 15 is 0 Å². The molecule has 0 heterocycles. The van der Waals surface area contributed by atoms with E-state index in [2.05, 4.69) is 43.1 Å². The predicted molar refractivity (Wildman–Crippen MR) is 67.9 cm³/mol. The van der Waals surface area contributed by atoms with E-state index in [1.54, 1.807) is 0 Å². The lowest BCUT2D eigenvalue weighted by Crippen LogP contribution is -2.02. The van der Waals surface area contributed by atoms with E-state index in [4.69, 9.17) is 0 Å². The highest BCUT2D eigenvalue weighted by Crippen LogP contribution is 2.21. The lowest BCUT2D eigenvalue weighted by atomic mass is 9.94. The highest BCUT2D eigenvalue weighted by Gasteiger charge is 2.08. The van der Waals surface area contributed by atoms with Gasteiger partial charge in [0.1, 0.15) is 0 Å². The second-order valence-corrected chi connectivity index (χ2v) is 4.02. The fourth-order valence-electron chi connectivity index (χ4n) is 1.78. The van der Waals surface area contributed by atoms with Crippen LogP contribution in [-0.4, -0.2) is 12.8 Å². The summed E-state index contributed by atoms with van der Waals surface area (Å²) in [6.07, 6.45) is 4.34. The van der Waals surface area contributed by atoms with Gasteiger partial charge >= 0.3 is 0 Å². The van der Waals surface area contributed by atoms with Crippen LogP contribution in [0.5, 0.6) is 0 Å². The van der Waals surface area contributed by atoms with Crippen molar-refractivity contribution in [2.45, 2.75) is 39.5 Å². The van der Waals surface area contributed by atoms with Crippen molar-refractivity contribution >= 4 is 6.21 Å². The molecule has 0 saturated heterocycles. The molecule has 0 saturated carbocycles. The van der Waals surface area contributed by atoms with E-state index in [9.17, 15) is 0 Å². The Balaban J connectivity index is 2.73. The molecule has 1 unspecified atom stereocenters. The van der Waals surface area contributed by atoms with Crippen molar-refractivity contribution in [2.75, 3.05) is 6.54 Å². The minimum atomic E-state index is 0.590. The van der Waals surface area contributed by atoms with Gasteiger partial charge in [0, 0.05) is 12.5 Å². The molecular formula is C14H21N. The topological polar surface area (TPSA) is 12.4 Å². The number of hydrogen-bond donors (Lipinski definition) is 0. The van der Waals surface area contributed by atoms with Crippen LogP contribution in [0.4, 0.5) is 0 Å². The van der Waals surface area contributed by atoms with Crippen LogP contribution in [-0.2, 0) is 0 Å². The number of hydrogen-bond acceptors (Lipinski definition) is 1. The largest absolute Gasteiger partial charge is 0.297 e. The lowest BCUT2D eigenvalue weighted by Gasteiger charge is -2.14. The summed E-state index contributed by atoms with van der Waals surface area (Å²) >= 11 is 0. The average Bonchev–Trinajstić information content (AvgIpc) is 2.25. The van der Waals surface area contributed by atoms with Gasteiger partial charge in [-0.25, -0.2) is 0 Å². The van der Waals surface area contributed by atoms with Gasteiger partial charge in [-0.15, -0.1) is 0 Å². The van der Waals surface area contributed by atoms with E-state index in [1.165, 1.54) is 24.0 Å². The van der Waals surface area contributed by atoms with Crippen molar-refractivity contribution < 1.29 is 0 Å². The van der Waals surface area contributed by atoms with Crippen molar-refractivity contribution in [3.63, 3.8) is 0 Å². The van der Waals surface area contributed by atoms with E-state index in [0.29, 0.717) is 5.92 Å². The summed E-state index contributed by atoms with van der Waals surface area (Å²) in [6, 6.07) is 8.85. The minimum absolute atomic E-state index is 0.590. The van der Waals surface area contributed by atoms with Crippen LogP contribution in [0.25, 0.3) is 0 Å². The highest BCUT2D eigenvalue weighted by molar-refractivity contribution is 5.53. The van der Waals surface area contributed by atoms with E-state index in [1.807, 2.05) is 13.1 Å². The number of rotatable bonds is 5. The van der Waals surface area contributed by atoms with Crippen LogP contribution in [0.2, 0.25) is 0 Å². The van der Waals surface area contributed by atoms with Crippen LogP contribution >= 0.6 is 0 Å². The molecule has 0 aliphatic carbocycles. The van der Waals surface area contributed by atoms with Crippen LogP contribution in [0.15, 0.2) is 29.3 Å². The fraction of sp³-hybridized carbons (Fsp3) is 0.500. The summed E-state index contributed by atoms with van der Waals surface area (Å²) in [6.45, 7) is 7.27. The molecule has 0 aliphatic rings. The van der Waals surface area contributed by atoms with Crippen molar-refractivity contribution in [3.8, 4) is 0 Å². The van der Waals surface area contributed by atoms with Gasteiger partial charge in [-0.3, -0.25) is 4.99 Å². The molecule has 0 spiro atoms. The number of aliphatic imine (C=N–C) groups is 1. The summed E-state index contributed by atoms with van der Waals surface area (Å²) in [5.74, 6) is 0.590. The molecule has 15 heavy (non-hydrogen) atoms. The Bertz CT molecular complexity index is 298. The fourth-order valence-corrected chi connectivity index (χ4v) is 1.78. The maximum atomic E-state index is 4.36. The van der Waals surface area contributed by atoms with Gasteiger partial charge in [-0.05, 0) is 32.0 Å². The summed E-state index contributed by atoms with van der Waals surface area (Å²) < 4.78 is 0. The minimum Gasteiger partial charge on any atom is -0.297 e. The summed E-state index contributed by atoms with van der Waals surface area (Å²) in [7, 11) is 0. The first-order valence-corrected chi connectivity index (χ1v) is 5.79. The quantitative estimate of drug-likeness (QED) is 0.642. The van der Waals surface area contributed by atoms with Crippen molar-refractivity contribution in [1.82, 2.24) is 0 Å². The van der Waals surface area contributed by atoms with E-state index < -0.39 is 0 Å². The summed E-state index contributed by atoms with van der Waals surface area (Å²) in [4.78, 5) is 4.36. The lowest BCUT2D eigenvalue weighted by molar-refractivity contribution is 0.624. The molecule has 1 rings (SSSR count). The molecule has 1 nitrogen and oxygen atoms in total. The third-order valence-electron chi connectivity index (χ3n) is 2.69. The third kappa shape index (κ3) is 3.86. The molecule has 1 aromatic carbocycles. The van der Waals surface area contributed by atoms with Crippen LogP contribution in [0.3, 0.4) is 0 Å². The first-order valence-electron chi connectivity index (χ1n) is 5.79. The van der Waals surface area contributed by atoms with Gasteiger partial charge in [0.05, 0.1) is 0 Å². The van der Waals surface area contributed by atoms with Crippen LogP contribution in [0.1, 0.15) is 43.7 Å². The molecule has 0 fully saturated rings. The molecular weight excluding hydrogens is 182 g/mol. The van der Waals surface area contributed by atoms with Crippen molar-refractivity contribution in [3.05, 3.63) is 35.4 Å². The number of benzene rings is 1. The van der Waals surface area contributed by atoms with Gasteiger partial charge < -0.3 is 0 Å². The Labute approximate surface area is 93.2 Å². The zero-order valence-electron chi connectivity index (χ0n) is 10.0. The van der Waals surface area contributed by atoms with Crippen molar-refractivity contribution in [2.24, 2.45) is 4.99 Å². The zero-order valence-corrected chi connectivity index (χ0v) is 10.0. The molecule has 1 atom stereocenters. The summed E-state index contributed by atoms with van der Waals surface area (Å²) in [5, 5.41) is 0. The second kappa shape index (κ2) is 6.39. The Kier molecular flexibility index (Phi) is 5.09. The van der Waals surface area contributed by atoms with Crippen molar-refractivity contribution in [1.29, 1.82) is 0 Å². The standard InChI is InChI=1S/C14H21N/c1-4-6-14(11-15-5-2)13-9-7-12(3)8-10-13/h5,7-10,14H,4,6,11H2,1-3H3. The molecule has 1 aromatic rings. The third-order valence-corrected chi connectivity index (χ3v) is 2.69. The van der Waals surface area contributed by atoms with Gasteiger partial charge in [-0.1, -0.05) is 43.2 Å².